The van der Waals surface area contributed by atoms with Gasteiger partial charge in [-0.1, -0.05) is 26.0 Å². The van der Waals surface area contributed by atoms with Crippen LogP contribution in [0.15, 0.2) is 18.2 Å². The molecule has 0 aliphatic rings. The quantitative estimate of drug-likeness (QED) is 0.774. The van der Waals surface area contributed by atoms with Crippen LogP contribution < -0.4 is 14.8 Å². The molecule has 1 aromatic rings. The Labute approximate surface area is 128 Å². The Morgan fingerprint density at radius 3 is 2.43 bits per heavy atom. The van der Waals surface area contributed by atoms with E-state index in [9.17, 15) is 5.11 Å². The molecule has 1 aromatic carbocycles. The minimum absolute atomic E-state index is 0.0822. The predicted octanol–water partition coefficient (Wildman–Crippen LogP) is 2.98. The van der Waals surface area contributed by atoms with Crippen LogP contribution in [-0.4, -0.2) is 30.5 Å². The van der Waals surface area contributed by atoms with Crippen molar-refractivity contribution in [3.63, 3.8) is 0 Å². The van der Waals surface area contributed by atoms with Crippen LogP contribution in [0.2, 0.25) is 0 Å². The zero-order valence-electron chi connectivity index (χ0n) is 14.1. The smallest absolute Gasteiger partial charge is 0.166 e. The summed E-state index contributed by atoms with van der Waals surface area (Å²) in [7, 11) is 1.64. The molecule has 0 saturated carbocycles. The second-order valence-electron chi connectivity index (χ2n) is 6.23. The number of methoxy groups -OCH3 is 1. The maximum Gasteiger partial charge on any atom is 0.166 e. The van der Waals surface area contributed by atoms with E-state index in [0.29, 0.717) is 13.1 Å². The van der Waals surface area contributed by atoms with Gasteiger partial charge in [0.05, 0.1) is 18.8 Å². The Bertz CT molecular complexity index is 442. The highest BCUT2D eigenvalue weighted by molar-refractivity contribution is 5.46. The summed E-state index contributed by atoms with van der Waals surface area (Å²) < 4.78 is 11.2. The number of nitrogens with one attached hydrogen (secondary N) is 1. The van der Waals surface area contributed by atoms with E-state index >= 15 is 0 Å². The molecule has 0 aromatic heterocycles. The van der Waals surface area contributed by atoms with Crippen LogP contribution in [0.3, 0.4) is 0 Å². The van der Waals surface area contributed by atoms with Crippen LogP contribution in [0.5, 0.6) is 11.5 Å². The molecular weight excluding hydrogens is 266 g/mol. The van der Waals surface area contributed by atoms with Crippen molar-refractivity contribution in [1.82, 2.24) is 5.32 Å². The Morgan fingerprint density at radius 2 is 1.90 bits per heavy atom. The van der Waals surface area contributed by atoms with Crippen molar-refractivity contribution < 1.29 is 14.6 Å². The summed E-state index contributed by atoms with van der Waals surface area (Å²) in [5.74, 6) is 1.70. The zero-order valence-corrected chi connectivity index (χ0v) is 14.1. The Morgan fingerprint density at radius 1 is 1.24 bits per heavy atom. The first-order valence-electron chi connectivity index (χ1n) is 7.53. The summed E-state index contributed by atoms with van der Waals surface area (Å²) in [5.41, 5.74) is 0.306. The molecule has 0 saturated heterocycles. The largest absolute Gasteiger partial charge is 0.493 e. The summed E-state index contributed by atoms with van der Waals surface area (Å²) in [6.45, 7) is 11.0. The van der Waals surface area contributed by atoms with E-state index in [0.717, 1.165) is 17.1 Å². The monoisotopic (exact) mass is 295 g/mol. The lowest BCUT2D eigenvalue weighted by atomic mass is 9.92. The first-order valence-corrected chi connectivity index (χ1v) is 7.53. The second-order valence-corrected chi connectivity index (χ2v) is 6.23. The average molecular weight is 295 g/mol. The summed E-state index contributed by atoms with van der Waals surface area (Å²) >= 11 is 0. The van der Waals surface area contributed by atoms with Crippen molar-refractivity contribution in [2.45, 2.75) is 52.9 Å². The average Bonchev–Trinajstić information content (AvgIpc) is 2.39. The molecule has 0 spiro atoms. The van der Waals surface area contributed by atoms with E-state index < -0.39 is 5.60 Å². The molecule has 1 unspecified atom stereocenters. The van der Waals surface area contributed by atoms with E-state index in [-0.39, 0.29) is 12.0 Å². The van der Waals surface area contributed by atoms with Crippen molar-refractivity contribution in [3.05, 3.63) is 23.8 Å². The Balaban J connectivity index is 2.79. The highest BCUT2D eigenvalue weighted by Gasteiger charge is 2.24. The number of para-hydroxylation sites is 1. The molecular formula is C17H29NO3. The van der Waals surface area contributed by atoms with Crippen molar-refractivity contribution in [1.29, 1.82) is 0 Å². The SMILES string of the molecule is COc1cccc(CNCC(C)(O)C(C)C)c1OC(C)C. The molecule has 0 aliphatic heterocycles. The van der Waals surface area contributed by atoms with E-state index in [1.807, 2.05) is 52.8 Å². The summed E-state index contributed by atoms with van der Waals surface area (Å²) in [4.78, 5) is 0. The Hall–Kier alpha value is -1.26. The molecule has 2 N–H and O–H groups in total. The molecule has 120 valence electrons. The molecule has 21 heavy (non-hydrogen) atoms. The lowest BCUT2D eigenvalue weighted by molar-refractivity contribution is 0.0139. The van der Waals surface area contributed by atoms with Crippen LogP contribution in [0.1, 0.15) is 40.2 Å². The molecule has 0 bridgehead atoms. The molecule has 0 radical (unpaired) electrons. The standard InChI is InChI=1S/C17H29NO3/c1-12(2)17(5,19)11-18-10-14-8-7-9-15(20-6)16(14)21-13(3)4/h7-9,12-13,18-19H,10-11H2,1-6H3. The highest BCUT2D eigenvalue weighted by Crippen LogP contribution is 2.32. The van der Waals surface area contributed by atoms with Gasteiger partial charge in [-0.3, -0.25) is 0 Å². The van der Waals surface area contributed by atoms with Gasteiger partial charge >= 0.3 is 0 Å². The summed E-state index contributed by atoms with van der Waals surface area (Å²) in [5, 5.41) is 13.6. The fourth-order valence-corrected chi connectivity index (χ4v) is 1.89. The first kappa shape index (κ1) is 17.8. The number of ether oxygens (including phenoxy) is 2. The van der Waals surface area contributed by atoms with Gasteiger partial charge in [0.25, 0.3) is 0 Å². The van der Waals surface area contributed by atoms with E-state index in [4.69, 9.17) is 9.47 Å². The normalized spacial score (nSPS) is 14.3. The van der Waals surface area contributed by atoms with Gasteiger partial charge < -0.3 is 19.9 Å². The number of benzene rings is 1. The predicted molar refractivity (Wildman–Crippen MR) is 85.9 cm³/mol. The van der Waals surface area contributed by atoms with Gasteiger partial charge in [0.15, 0.2) is 11.5 Å². The highest BCUT2D eigenvalue weighted by atomic mass is 16.5. The van der Waals surface area contributed by atoms with Crippen molar-refractivity contribution in [2.75, 3.05) is 13.7 Å². The maximum absolute atomic E-state index is 10.3. The van der Waals surface area contributed by atoms with Gasteiger partial charge in [-0.2, -0.15) is 0 Å². The lowest BCUT2D eigenvalue weighted by Crippen LogP contribution is -2.42. The summed E-state index contributed by atoms with van der Waals surface area (Å²) in [6, 6.07) is 5.85. The molecule has 1 rings (SSSR count). The number of hydrogen-bond donors (Lipinski definition) is 2. The van der Waals surface area contributed by atoms with E-state index in [2.05, 4.69) is 5.32 Å². The number of rotatable bonds is 8. The lowest BCUT2D eigenvalue weighted by Gasteiger charge is -2.28. The fourth-order valence-electron chi connectivity index (χ4n) is 1.89. The van der Waals surface area contributed by atoms with Gasteiger partial charge in [0.1, 0.15) is 0 Å². The van der Waals surface area contributed by atoms with Gasteiger partial charge in [-0.05, 0) is 32.8 Å². The minimum Gasteiger partial charge on any atom is -0.493 e. The van der Waals surface area contributed by atoms with Crippen molar-refractivity contribution in [3.8, 4) is 11.5 Å². The van der Waals surface area contributed by atoms with Crippen LogP contribution in [0.4, 0.5) is 0 Å². The molecule has 0 heterocycles. The third kappa shape index (κ3) is 5.21. The number of hydrogen-bond acceptors (Lipinski definition) is 4. The van der Waals surface area contributed by atoms with Crippen LogP contribution in [0.25, 0.3) is 0 Å². The van der Waals surface area contributed by atoms with E-state index in [1.165, 1.54) is 0 Å². The minimum atomic E-state index is -0.724. The van der Waals surface area contributed by atoms with Crippen LogP contribution in [-0.2, 0) is 6.54 Å². The molecule has 0 fully saturated rings. The first-order chi connectivity index (χ1) is 9.77. The van der Waals surface area contributed by atoms with Gasteiger partial charge in [0, 0.05) is 18.7 Å². The van der Waals surface area contributed by atoms with Crippen LogP contribution >= 0.6 is 0 Å². The topological polar surface area (TPSA) is 50.7 Å². The fraction of sp³-hybridized carbons (Fsp3) is 0.647. The molecule has 4 heteroatoms. The van der Waals surface area contributed by atoms with Gasteiger partial charge in [-0.25, -0.2) is 0 Å². The maximum atomic E-state index is 10.3. The summed E-state index contributed by atoms with van der Waals surface area (Å²) in [6.07, 6.45) is 0.0822. The van der Waals surface area contributed by atoms with Gasteiger partial charge in [0.2, 0.25) is 0 Å². The second kappa shape index (κ2) is 7.66. The Kier molecular flexibility index (Phi) is 6.49. The van der Waals surface area contributed by atoms with Crippen molar-refractivity contribution in [2.24, 2.45) is 5.92 Å². The third-order valence-corrected chi connectivity index (χ3v) is 3.68. The van der Waals surface area contributed by atoms with Crippen LogP contribution in [0, 0.1) is 5.92 Å². The molecule has 0 amide bonds. The molecule has 0 aliphatic carbocycles. The molecule has 4 nitrogen and oxygen atoms in total. The van der Waals surface area contributed by atoms with Gasteiger partial charge in [-0.15, -0.1) is 0 Å². The van der Waals surface area contributed by atoms with E-state index in [1.54, 1.807) is 7.11 Å². The van der Waals surface area contributed by atoms with Crippen molar-refractivity contribution >= 4 is 0 Å². The molecule has 1 atom stereocenters. The number of aliphatic hydroxyl groups is 1. The zero-order chi connectivity index (χ0) is 16.0. The third-order valence-electron chi connectivity index (χ3n) is 3.68.